The number of hydrogen-bond acceptors (Lipinski definition) is 7. The van der Waals surface area contributed by atoms with E-state index in [0.717, 1.165) is 19.3 Å². The Bertz CT molecular complexity index is 879. The molecule has 2 aliphatic rings. The van der Waals surface area contributed by atoms with Gasteiger partial charge in [-0.15, -0.1) is 11.6 Å². The number of hydrogen-bond donors (Lipinski definition) is 0. The van der Waals surface area contributed by atoms with E-state index in [1.807, 2.05) is 27.7 Å². The third-order valence-corrected chi connectivity index (χ3v) is 8.29. The minimum Gasteiger partial charge on any atom is -0.399 e. The van der Waals surface area contributed by atoms with Gasteiger partial charge >= 0.3 is 7.12 Å². The predicted molar refractivity (Wildman–Crippen MR) is 119 cm³/mol. The van der Waals surface area contributed by atoms with Crippen LogP contribution in [0.1, 0.15) is 59.8 Å². The summed E-state index contributed by atoms with van der Waals surface area (Å²) in [5, 5.41) is -0.204. The number of piperidine rings is 1. The van der Waals surface area contributed by atoms with Crippen LogP contribution in [-0.4, -0.2) is 71.7 Å². The normalized spacial score (nSPS) is 23.2. The molecule has 2 aliphatic heterocycles. The molecule has 1 amide bonds. The fourth-order valence-corrected chi connectivity index (χ4v) is 5.20. The lowest BCUT2D eigenvalue weighted by Gasteiger charge is -2.35. The maximum atomic E-state index is 12.7. The van der Waals surface area contributed by atoms with Gasteiger partial charge in [-0.25, -0.2) is 18.4 Å². The Hall–Kier alpha value is -1.23. The number of alkyl halides is 1. The summed E-state index contributed by atoms with van der Waals surface area (Å²) in [6.45, 7) is 8.47. The summed E-state index contributed by atoms with van der Waals surface area (Å²) in [6.07, 6.45) is 6.82. The van der Waals surface area contributed by atoms with Crippen molar-refractivity contribution < 1.29 is 22.5 Å². The molecule has 2 saturated heterocycles. The molecule has 0 N–H and O–H groups in total. The highest BCUT2D eigenvalue weighted by molar-refractivity contribution is 7.91. The molecule has 1 aromatic heterocycles. The molecular formula is C20H31BClN3O5S. The van der Waals surface area contributed by atoms with Gasteiger partial charge in [0, 0.05) is 30.4 Å². The van der Waals surface area contributed by atoms with Crippen molar-refractivity contribution in [2.24, 2.45) is 0 Å². The number of aromatic nitrogens is 2. The van der Waals surface area contributed by atoms with Crippen LogP contribution in [0.15, 0.2) is 17.6 Å². The summed E-state index contributed by atoms with van der Waals surface area (Å²) < 4.78 is 37.3. The number of amides is 1. The first kappa shape index (κ1) is 24.4. The molecule has 0 aliphatic carbocycles. The van der Waals surface area contributed by atoms with Crippen molar-refractivity contribution in [2.45, 2.75) is 82.2 Å². The van der Waals surface area contributed by atoms with Crippen LogP contribution in [0.25, 0.3) is 0 Å². The molecule has 3 heterocycles. The van der Waals surface area contributed by atoms with Gasteiger partial charge in [-0.3, -0.25) is 4.79 Å². The lowest BCUT2D eigenvalue weighted by Crippen LogP contribution is -2.44. The number of likely N-dealkylation sites (tertiary alicyclic amines) is 1. The molecule has 1 aromatic rings. The van der Waals surface area contributed by atoms with Crippen LogP contribution in [-0.2, 0) is 23.9 Å². The highest BCUT2D eigenvalue weighted by Gasteiger charge is 2.52. The lowest BCUT2D eigenvalue weighted by molar-refractivity contribution is -0.132. The van der Waals surface area contributed by atoms with E-state index in [9.17, 15) is 13.2 Å². The second-order valence-corrected chi connectivity index (χ2v) is 11.5. The van der Waals surface area contributed by atoms with E-state index in [4.69, 9.17) is 20.9 Å². The molecular weight excluding hydrogens is 441 g/mol. The molecule has 0 aromatic carbocycles. The monoisotopic (exact) mass is 471 g/mol. The topological polar surface area (TPSA) is 98.7 Å². The van der Waals surface area contributed by atoms with Gasteiger partial charge in [0.15, 0.2) is 0 Å². The Morgan fingerprint density at radius 3 is 2.39 bits per heavy atom. The minimum atomic E-state index is -3.62. The predicted octanol–water partition coefficient (Wildman–Crippen LogP) is 1.95. The molecule has 31 heavy (non-hydrogen) atoms. The fraction of sp³-hybridized carbons (Fsp3) is 0.750. The summed E-state index contributed by atoms with van der Waals surface area (Å²) in [5.41, 5.74) is -0.421. The molecule has 0 bridgehead atoms. The second-order valence-electron chi connectivity index (χ2n) is 9.22. The SMILES string of the molecule is CC1(C)OB(c2cnc(S(=O)(=O)CCC[C@H]3CCCCN3C(=O)CCl)nc2)OC1(C)C. The Morgan fingerprint density at radius 2 is 1.81 bits per heavy atom. The average Bonchev–Trinajstić information content (AvgIpc) is 2.95. The van der Waals surface area contributed by atoms with E-state index in [1.165, 1.54) is 12.4 Å². The summed E-state index contributed by atoms with van der Waals surface area (Å²) in [5.74, 6) is -0.198. The number of sulfone groups is 1. The van der Waals surface area contributed by atoms with Gasteiger partial charge in [-0.2, -0.15) is 0 Å². The maximum absolute atomic E-state index is 12.7. The Labute approximate surface area is 190 Å². The summed E-state index contributed by atoms with van der Waals surface area (Å²) >= 11 is 5.71. The van der Waals surface area contributed by atoms with Crippen molar-refractivity contribution >= 4 is 39.9 Å². The third kappa shape index (κ3) is 5.41. The lowest BCUT2D eigenvalue weighted by atomic mass is 9.81. The van der Waals surface area contributed by atoms with Crippen molar-refractivity contribution in [3.63, 3.8) is 0 Å². The summed E-state index contributed by atoms with van der Waals surface area (Å²) in [4.78, 5) is 21.9. The van der Waals surface area contributed by atoms with Gasteiger partial charge in [0.25, 0.3) is 0 Å². The first-order chi connectivity index (χ1) is 14.5. The zero-order valence-corrected chi connectivity index (χ0v) is 20.2. The minimum absolute atomic E-state index is 0.0434. The molecule has 3 rings (SSSR count). The van der Waals surface area contributed by atoms with E-state index in [2.05, 4.69) is 9.97 Å². The van der Waals surface area contributed by atoms with Crippen LogP contribution >= 0.6 is 11.6 Å². The van der Waals surface area contributed by atoms with E-state index in [0.29, 0.717) is 24.8 Å². The van der Waals surface area contributed by atoms with Crippen LogP contribution < -0.4 is 5.46 Å². The van der Waals surface area contributed by atoms with E-state index in [1.54, 1.807) is 4.90 Å². The van der Waals surface area contributed by atoms with Crippen LogP contribution in [0.2, 0.25) is 0 Å². The van der Waals surface area contributed by atoms with Gasteiger partial charge in [0.1, 0.15) is 5.88 Å². The number of halogens is 1. The van der Waals surface area contributed by atoms with Crippen LogP contribution in [0.4, 0.5) is 0 Å². The number of rotatable bonds is 7. The molecule has 11 heteroatoms. The van der Waals surface area contributed by atoms with Crippen LogP contribution in [0.5, 0.6) is 0 Å². The summed E-state index contributed by atoms with van der Waals surface area (Å²) in [6, 6.07) is 0.0434. The number of nitrogens with zero attached hydrogens (tertiary/aromatic N) is 3. The maximum Gasteiger partial charge on any atom is 0.498 e. The first-order valence-electron chi connectivity index (χ1n) is 10.7. The standard InChI is InChI=1S/C20H31BClN3O5S/c1-19(2)20(3,4)30-21(29-19)15-13-23-18(24-14-15)31(27,28)11-7-9-16-8-5-6-10-25(16)17(26)12-22/h13-14,16H,5-12H2,1-4H3/t16-/m1/s1. The quantitative estimate of drug-likeness (QED) is 0.340. The fourth-order valence-electron chi connectivity index (χ4n) is 3.89. The van der Waals surface area contributed by atoms with Crippen molar-refractivity contribution in [3.8, 4) is 0 Å². The molecule has 0 spiro atoms. The van der Waals surface area contributed by atoms with Crippen molar-refractivity contribution in [3.05, 3.63) is 12.4 Å². The highest BCUT2D eigenvalue weighted by Crippen LogP contribution is 2.36. The Kier molecular flexibility index (Phi) is 7.35. The molecule has 8 nitrogen and oxygen atoms in total. The zero-order valence-electron chi connectivity index (χ0n) is 18.6. The van der Waals surface area contributed by atoms with E-state index >= 15 is 0 Å². The Balaban J connectivity index is 1.59. The van der Waals surface area contributed by atoms with Crippen LogP contribution in [0.3, 0.4) is 0 Å². The second kappa shape index (κ2) is 9.33. The van der Waals surface area contributed by atoms with Gasteiger partial charge in [0.2, 0.25) is 20.9 Å². The van der Waals surface area contributed by atoms with Gasteiger partial charge in [0.05, 0.1) is 17.0 Å². The van der Waals surface area contributed by atoms with Crippen molar-refractivity contribution in [1.82, 2.24) is 14.9 Å². The molecule has 0 radical (unpaired) electrons. The number of carbonyl (C=O) groups is 1. The highest BCUT2D eigenvalue weighted by atomic mass is 35.5. The van der Waals surface area contributed by atoms with Crippen molar-refractivity contribution in [1.29, 1.82) is 0 Å². The van der Waals surface area contributed by atoms with Gasteiger partial charge in [-0.1, -0.05) is 0 Å². The van der Waals surface area contributed by atoms with E-state index < -0.39 is 28.2 Å². The van der Waals surface area contributed by atoms with Crippen molar-refractivity contribution in [2.75, 3.05) is 18.2 Å². The Morgan fingerprint density at radius 1 is 1.19 bits per heavy atom. The number of carbonyl (C=O) groups excluding carboxylic acids is 1. The van der Waals surface area contributed by atoms with Gasteiger partial charge in [-0.05, 0) is 59.8 Å². The zero-order chi connectivity index (χ0) is 22.9. The first-order valence-corrected chi connectivity index (χ1v) is 12.9. The van der Waals surface area contributed by atoms with E-state index in [-0.39, 0.29) is 28.7 Å². The largest absolute Gasteiger partial charge is 0.498 e. The molecule has 0 unspecified atom stereocenters. The molecule has 2 fully saturated rings. The summed E-state index contributed by atoms with van der Waals surface area (Å²) in [7, 11) is -4.26. The average molecular weight is 472 g/mol. The molecule has 172 valence electrons. The van der Waals surface area contributed by atoms with Crippen LogP contribution in [0, 0.1) is 0 Å². The smallest absolute Gasteiger partial charge is 0.399 e. The molecule has 0 saturated carbocycles. The molecule has 1 atom stereocenters. The van der Waals surface area contributed by atoms with Gasteiger partial charge < -0.3 is 14.2 Å². The third-order valence-electron chi connectivity index (χ3n) is 6.46.